The molecule has 0 aliphatic heterocycles. The van der Waals surface area contributed by atoms with E-state index in [0.717, 1.165) is 12.8 Å². The van der Waals surface area contributed by atoms with Crippen molar-refractivity contribution >= 4 is 0 Å². The van der Waals surface area contributed by atoms with Crippen LogP contribution in [0.4, 0.5) is 0 Å². The molecule has 3 nitrogen and oxygen atoms in total. The van der Waals surface area contributed by atoms with Crippen LogP contribution >= 0.6 is 0 Å². The molecule has 3 heteroatoms. The van der Waals surface area contributed by atoms with Crippen molar-refractivity contribution in [2.24, 2.45) is 0 Å². The Morgan fingerprint density at radius 1 is 1.05 bits per heavy atom. The second-order valence-corrected chi connectivity index (χ2v) is 5.15. The van der Waals surface area contributed by atoms with E-state index in [-0.39, 0.29) is 19.3 Å². The first-order chi connectivity index (χ1) is 9.14. The van der Waals surface area contributed by atoms with Gasteiger partial charge in [0, 0.05) is 6.04 Å². The van der Waals surface area contributed by atoms with E-state index in [0.29, 0.717) is 6.42 Å². The van der Waals surface area contributed by atoms with Gasteiger partial charge in [0.05, 0.1) is 18.8 Å². The van der Waals surface area contributed by atoms with E-state index >= 15 is 0 Å². The van der Waals surface area contributed by atoms with E-state index in [1.54, 1.807) is 0 Å². The molecular formula is C16H27NO2. The zero-order valence-corrected chi connectivity index (χ0v) is 12.3. The summed E-state index contributed by atoms with van der Waals surface area (Å²) in [5, 5.41) is 22.5. The van der Waals surface area contributed by atoms with E-state index in [1.165, 1.54) is 11.1 Å². The fraction of sp³-hybridized carbons (Fsp3) is 0.625. The van der Waals surface area contributed by atoms with Crippen LogP contribution in [0.3, 0.4) is 0 Å². The molecule has 1 aromatic rings. The SMILES string of the molecule is CCc1ccc(C(CC)NC(CC)(CO)CO)cc1. The van der Waals surface area contributed by atoms with Crippen molar-refractivity contribution in [2.75, 3.05) is 13.2 Å². The van der Waals surface area contributed by atoms with Crippen molar-refractivity contribution in [3.05, 3.63) is 35.4 Å². The van der Waals surface area contributed by atoms with Crippen LogP contribution < -0.4 is 5.32 Å². The maximum atomic E-state index is 9.53. The third kappa shape index (κ3) is 4.03. The molecule has 19 heavy (non-hydrogen) atoms. The lowest BCUT2D eigenvalue weighted by atomic mass is 9.93. The molecule has 0 radical (unpaired) electrons. The van der Waals surface area contributed by atoms with E-state index in [9.17, 15) is 10.2 Å². The van der Waals surface area contributed by atoms with Gasteiger partial charge >= 0.3 is 0 Å². The summed E-state index contributed by atoms with van der Waals surface area (Å²) in [6.45, 7) is 6.13. The number of rotatable bonds is 8. The number of hydrogen-bond acceptors (Lipinski definition) is 3. The third-order valence-corrected chi connectivity index (χ3v) is 3.96. The Bertz CT molecular complexity index is 349. The lowest BCUT2D eigenvalue weighted by molar-refractivity contribution is 0.0768. The first kappa shape index (κ1) is 16.2. The summed E-state index contributed by atoms with van der Waals surface area (Å²) in [4.78, 5) is 0. The van der Waals surface area contributed by atoms with Crippen LogP contribution in [-0.2, 0) is 6.42 Å². The van der Waals surface area contributed by atoms with E-state index < -0.39 is 5.54 Å². The Hall–Kier alpha value is -0.900. The molecule has 1 atom stereocenters. The number of benzene rings is 1. The second-order valence-electron chi connectivity index (χ2n) is 5.15. The lowest BCUT2D eigenvalue weighted by Gasteiger charge is -2.34. The Morgan fingerprint density at radius 2 is 1.63 bits per heavy atom. The van der Waals surface area contributed by atoms with Crippen molar-refractivity contribution < 1.29 is 10.2 Å². The van der Waals surface area contributed by atoms with Gasteiger partial charge in [-0.1, -0.05) is 45.0 Å². The Labute approximate surface area is 116 Å². The van der Waals surface area contributed by atoms with Crippen molar-refractivity contribution in [3.63, 3.8) is 0 Å². The topological polar surface area (TPSA) is 52.5 Å². The van der Waals surface area contributed by atoms with Gasteiger partial charge in [-0.25, -0.2) is 0 Å². The predicted octanol–water partition coefficient (Wildman–Crippen LogP) is 2.42. The van der Waals surface area contributed by atoms with E-state index in [4.69, 9.17) is 0 Å². The van der Waals surface area contributed by atoms with E-state index in [2.05, 4.69) is 43.4 Å². The van der Waals surface area contributed by atoms with Gasteiger partial charge in [-0.2, -0.15) is 0 Å². The number of aliphatic hydroxyl groups excluding tert-OH is 2. The molecule has 0 aliphatic carbocycles. The molecule has 108 valence electrons. The highest BCUT2D eigenvalue weighted by Gasteiger charge is 2.29. The largest absolute Gasteiger partial charge is 0.394 e. The summed E-state index contributed by atoms with van der Waals surface area (Å²) in [7, 11) is 0. The molecule has 0 aliphatic rings. The van der Waals surface area contributed by atoms with E-state index in [1.807, 2.05) is 6.92 Å². The maximum Gasteiger partial charge on any atom is 0.0650 e. The van der Waals surface area contributed by atoms with Crippen LogP contribution in [0.1, 0.15) is 50.8 Å². The van der Waals surface area contributed by atoms with Gasteiger partial charge in [0.25, 0.3) is 0 Å². The molecule has 0 spiro atoms. The summed E-state index contributed by atoms with van der Waals surface area (Å²) >= 11 is 0. The molecule has 0 heterocycles. The summed E-state index contributed by atoms with van der Waals surface area (Å²) in [5.74, 6) is 0. The van der Waals surface area contributed by atoms with Crippen molar-refractivity contribution in [2.45, 2.75) is 51.6 Å². The minimum atomic E-state index is -0.593. The van der Waals surface area contributed by atoms with Crippen LogP contribution in [0.2, 0.25) is 0 Å². The molecule has 0 saturated heterocycles. The first-order valence-electron chi connectivity index (χ1n) is 7.22. The van der Waals surface area contributed by atoms with Gasteiger partial charge in [-0.15, -0.1) is 0 Å². The Kier molecular flexibility index (Phi) is 6.49. The summed E-state index contributed by atoms with van der Waals surface area (Å²) in [6, 6.07) is 8.71. The summed E-state index contributed by atoms with van der Waals surface area (Å²) < 4.78 is 0. The molecule has 1 aromatic carbocycles. The summed E-state index contributed by atoms with van der Waals surface area (Å²) in [5.41, 5.74) is 1.94. The van der Waals surface area contributed by atoms with Crippen molar-refractivity contribution in [1.82, 2.24) is 5.32 Å². The molecular weight excluding hydrogens is 238 g/mol. The number of aliphatic hydroxyl groups is 2. The lowest BCUT2D eigenvalue weighted by Crippen LogP contribution is -2.52. The second kappa shape index (κ2) is 7.63. The van der Waals surface area contributed by atoms with Gasteiger partial charge in [0.1, 0.15) is 0 Å². The molecule has 0 bridgehead atoms. The van der Waals surface area contributed by atoms with Gasteiger partial charge < -0.3 is 15.5 Å². The average molecular weight is 265 g/mol. The van der Waals surface area contributed by atoms with Gasteiger partial charge in [0.2, 0.25) is 0 Å². The minimum absolute atomic E-state index is 0.0520. The molecule has 3 N–H and O–H groups in total. The van der Waals surface area contributed by atoms with Crippen LogP contribution in [0, 0.1) is 0 Å². The number of aryl methyl sites for hydroxylation is 1. The number of hydrogen-bond donors (Lipinski definition) is 3. The van der Waals surface area contributed by atoms with Gasteiger partial charge in [-0.3, -0.25) is 0 Å². The normalized spacial score (nSPS) is 13.5. The third-order valence-electron chi connectivity index (χ3n) is 3.96. The fourth-order valence-corrected chi connectivity index (χ4v) is 2.24. The average Bonchev–Trinajstić information content (AvgIpc) is 2.50. The Balaban J connectivity index is 2.87. The Morgan fingerprint density at radius 3 is 2.00 bits per heavy atom. The highest BCUT2D eigenvalue weighted by atomic mass is 16.3. The standard InChI is InChI=1S/C16H27NO2/c1-4-13-7-9-14(10-8-13)15(5-2)17-16(6-3,11-18)12-19/h7-10,15,17-19H,4-6,11-12H2,1-3H3. The monoisotopic (exact) mass is 265 g/mol. The fourth-order valence-electron chi connectivity index (χ4n) is 2.24. The van der Waals surface area contributed by atoms with Crippen molar-refractivity contribution in [3.8, 4) is 0 Å². The van der Waals surface area contributed by atoms with Crippen LogP contribution in [0.25, 0.3) is 0 Å². The molecule has 0 amide bonds. The first-order valence-corrected chi connectivity index (χ1v) is 7.22. The van der Waals surface area contributed by atoms with Crippen LogP contribution in [0.5, 0.6) is 0 Å². The minimum Gasteiger partial charge on any atom is -0.394 e. The quantitative estimate of drug-likeness (QED) is 0.676. The molecule has 1 rings (SSSR count). The smallest absolute Gasteiger partial charge is 0.0650 e. The zero-order chi connectivity index (χ0) is 14.3. The molecule has 0 fully saturated rings. The van der Waals surface area contributed by atoms with Gasteiger partial charge in [0.15, 0.2) is 0 Å². The highest BCUT2D eigenvalue weighted by Crippen LogP contribution is 2.22. The van der Waals surface area contributed by atoms with Gasteiger partial charge in [-0.05, 0) is 30.4 Å². The summed E-state index contributed by atoms with van der Waals surface area (Å²) in [6.07, 6.45) is 2.66. The molecule has 1 unspecified atom stereocenters. The van der Waals surface area contributed by atoms with Crippen LogP contribution in [0.15, 0.2) is 24.3 Å². The molecule has 0 aromatic heterocycles. The van der Waals surface area contributed by atoms with Crippen LogP contribution in [-0.4, -0.2) is 29.0 Å². The predicted molar refractivity (Wildman–Crippen MR) is 79.2 cm³/mol. The zero-order valence-electron chi connectivity index (χ0n) is 12.3. The maximum absolute atomic E-state index is 9.53. The van der Waals surface area contributed by atoms with Crippen molar-refractivity contribution in [1.29, 1.82) is 0 Å². The number of nitrogens with one attached hydrogen (secondary N) is 1. The molecule has 0 saturated carbocycles. The highest BCUT2D eigenvalue weighted by molar-refractivity contribution is 5.25.